The number of para-hydroxylation sites is 1. The molecule has 0 unspecified atom stereocenters. The van der Waals surface area contributed by atoms with Gasteiger partial charge in [-0.1, -0.05) is 29.8 Å². The van der Waals surface area contributed by atoms with E-state index in [0.29, 0.717) is 11.1 Å². The highest BCUT2D eigenvalue weighted by molar-refractivity contribution is 7.92. The zero-order valence-corrected chi connectivity index (χ0v) is 20.3. The SMILES string of the molecule is Cc1cc(C)c(S(=O)(=O)Nc2ccccc2C(=O)OCC(=O)NC(=O)NC(C)(C)C)c(C)c1. The Hall–Kier alpha value is -3.40. The number of hydrogen-bond acceptors (Lipinski definition) is 6. The number of carbonyl (C=O) groups excluding carboxylic acids is 3. The van der Waals surface area contributed by atoms with Crippen LogP contribution in [0.1, 0.15) is 47.8 Å². The van der Waals surface area contributed by atoms with E-state index < -0.39 is 40.1 Å². The summed E-state index contributed by atoms with van der Waals surface area (Å²) in [7, 11) is -4.00. The summed E-state index contributed by atoms with van der Waals surface area (Å²) in [5, 5.41) is 4.60. The molecule has 0 fully saturated rings. The Morgan fingerprint density at radius 3 is 2.12 bits per heavy atom. The van der Waals surface area contributed by atoms with Crippen LogP contribution in [0.5, 0.6) is 0 Å². The number of nitrogens with one attached hydrogen (secondary N) is 3. The molecule has 33 heavy (non-hydrogen) atoms. The van der Waals surface area contributed by atoms with Gasteiger partial charge in [0.2, 0.25) is 0 Å². The number of aryl methyl sites for hydroxylation is 3. The molecule has 3 amide bonds. The van der Waals surface area contributed by atoms with Crippen molar-refractivity contribution in [2.24, 2.45) is 0 Å². The molecule has 0 heterocycles. The molecule has 0 aliphatic rings. The summed E-state index contributed by atoms with van der Waals surface area (Å²) in [4.78, 5) is 36.3. The minimum Gasteiger partial charge on any atom is -0.452 e. The first-order valence-corrected chi connectivity index (χ1v) is 11.7. The first kappa shape index (κ1) is 25.9. The second-order valence-electron chi connectivity index (χ2n) is 8.71. The molecule has 0 aliphatic heterocycles. The van der Waals surface area contributed by atoms with E-state index in [0.717, 1.165) is 5.56 Å². The van der Waals surface area contributed by atoms with Crippen molar-refractivity contribution in [3.63, 3.8) is 0 Å². The number of carbonyl (C=O) groups is 3. The van der Waals surface area contributed by atoms with Gasteiger partial charge in [0.1, 0.15) is 0 Å². The van der Waals surface area contributed by atoms with Crippen molar-refractivity contribution in [3.05, 3.63) is 58.7 Å². The van der Waals surface area contributed by atoms with Gasteiger partial charge in [0.15, 0.2) is 6.61 Å². The van der Waals surface area contributed by atoms with Crippen molar-refractivity contribution in [2.45, 2.75) is 52.0 Å². The highest BCUT2D eigenvalue weighted by Gasteiger charge is 2.23. The lowest BCUT2D eigenvalue weighted by atomic mass is 10.1. The van der Waals surface area contributed by atoms with Crippen LogP contribution >= 0.6 is 0 Å². The van der Waals surface area contributed by atoms with Gasteiger partial charge in [-0.2, -0.15) is 0 Å². The zero-order valence-electron chi connectivity index (χ0n) is 19.5. The Bertz CT molecular complexity index is 1160. The normalized spacial score (nSPS) is 11.5. The zero-order chi connectivity index (χ0) is 25.0. The van der Waals surface area contributed by atoms with Crippen LogP contribution in [0.3, 0.4) is 0 Å². The molecule has 178 valence electrons. The fourth-order valence-electron chi connectivity index (χ4n) is 3.28. The molecule has 0 aromatic heterocycles. The topological polar surface area (TPSA) is 131 Å². The van der Waals surface area contributed by atoms with Gasteiger partial charge < -0.3 is 10.1 Å². The number of sulfonamides is 1. The van der Waals surface area contributed by atoms with Gasteiger partial charge in [-0.3, -0.25) is 14.8 Å². The molecule has 2 rings (SSSR count). The van der Waals surface area contributed by atoms with E-state index >= 15 is 0 Å². The fraction of sp³-hybridized carbons (Fsp3) is 0.348. The van der Waals surface area contributed by atoms with E-state index in [1.807, 2.05) is 6.92 Å². The Labute approximate surface area is 194 Å². The monoisotopic (exact) mass is 475 g/mol. The van der Waals surface area contributed by atoms with E-state index in [4.69, 9.17) is 4.74 Å². The number of ether oxygens (including phenoxy) is 1. The Balaban J connectivity index is 2.15. The number of imide groups is 1. The molecule has 0 aliphatic carbocycles. The largest absolute Gasteiger partial charge is 0.452 e. The number of esters is 1. The van der Waals surface area contributed by atoms with Crippen LogP contribution in [0.2, 0.25) is 0 Å². The molecule has 0 radical (unpaired) electrons. The minimum absolute atomic E-state index is 0.00718. The number of anilines is 1. The summed E-state index contributed by atoms with van der Waals surface area (Å²) in [6, 6.07) is 8.69. The van der Waals surface area contributed by atoms with Crippen molar-refractivity contribution in [1.29, 1.82) is 0 Å². The average molecular weight is 476 g/mol. The Morgan fingerprint density at radius 2 is 1.55 bits per heavy atom. The molecule has 0 atom stereocenters. The van der Waals surface area contributed by atoms with Gasteiger partial charge in [-0.05, 0) is 64.8 Å². The molecule has 2 aromatic carbocycles. The summed E-state index contributed by atoms with van der Waals surface area (Å²) >= 11 is 0. The fourth-order valence-corrected chi connectivity index (χ4v) is 4.82. The lowest BCUT2D eigenvalue weighted by Gasteiger charge is -2.20. The highest BCUT2D eigenvalue weighted by atomic mass is 32.2. The maximum Gasteiger partial charge on any atom is 0.340 e. The van der Waals surface area contributed by atoms with Crippen LogP contribution < -0.4 is 15.4 Å². The number of urea groups is 1. The number of amides is 3. The summed E-state index contributed by atoms with van der Waals surface area (Å²) in [6.07, 6.45) is 0. The van der Waals surface area contributed by atoms with Gasteiger partial charge >= 0.3 is 12.0 Å². The molecule has 2 aromatic rings. The van der Waals surface area contributed by atoms with Gasteiger partial charge in [0, 0.05) is 5.54 Å². The smallest absolute Gasteiger partial charge is 0.340 e. The predicted octanol–water partition coefficient (Wildman–Crippen LogP) is 3.19. The second kappa shape index (κ2) is 10.0. The van der Waals surface area contributed by atoms with Gasteiger partial charge in [-0.25, -0.2) is 18.0 Å². The summed E-state index contributed by atoms with van der Waals surface area (Å²) in [5.41, 5.74) is 1.46. The summed E-state index contributed by atoms with van der Waals surface area (Å²) in [5.74, 6) is -1.74. The molecule has 0 saturated heterocycles. The van der Waals surface area contributed by atoms with Gasteiger partial charge in [0.25, 0.3) is 15.9 Å². The second-order valence-corrected chi connectivity index (χ2v) is 10.3. The lowest BCUT2D eigenvalue weighted by Crippen LogP contribution is -2.49. The van der Waals surface area contributed by atoms with Gasteiger partial charge in [0.05, 0.1) is 16.1 Å². The van der Waals surface area contributed by atoms with Crippen molar-refractivity contribution in [2.75, 3.05) is 11.3 Å². The molecule has 0 bridgehead atoms. The third-order valence-corrected chi connectivity index (χ3v) is 6.01. The third-order valence-electron chi connectivity index (χ3n) is 4.34. The van der Waals surface area contributed by atoms with Crippen LogP contribution in [0.15, 0.2) is 41.3 Å². The highest BCUT2D eigenvalue weighted by Crippen LogP contribution is 2.26. The van der Waals surface area contributed by atoms with Gasteiger partial charge in [-0.15, -0.1) is 0 Å². The molecular formula is C23H29N3O6S. The Morgan fingerprint density at radius 1 is 0.970 bits per heavy atom. The van der Waals surface area contributed by atoms with E-state index in [-0.39, 0.29) is 16.1 Å². The number of benzene rings is 2. The van der Waals surface area contributed by atoms with Crippen LogP contribution in [0, 0.1) is 20.8 Å². The summed E-state index contributed by atoms with van der Waals surface area (Å²) < 4.78 is 33.5. The molecule has 0 saturated carbocycles. The standard InChI is InChI=1S/C23H29N3O6S/c1-14-11-15(2)20(16(3)12-14)33(30,31)26-18-10-8-7-9-17(18)21(28)32-13-19(27)24-22(29)25-23(4,5)6/h7-12,26H,13H2,1-6H3,(H2,24,25,27,29). The molecule has 9 nitrogen and oxygen atoms in total. The van der Waals surface area contributed by atoms with E-state index in [2.05, 4.69) is 15.4 Å². The Kier molecular flexibility index (Phi) is 7.86. The third kappa shape index (κ3) is 7.31. The van der Waals surface area contributed by atoms with Crippen molar-refractivity contribution < 1.29 is 27.5 Å². The molecule has 0 spiro atoms. The predicted molar refractivity (Wildman–Crippen MR) is 125 cm³/mol. The van der Waals surface area contributed by atoms with Crippen molar-refractivity contribution >= 4 is 33.6 Å². The maximum atomic E-state index is 13.1. The first-order valence-electron chi connectivity index (χ1n) is 10.2. The number of rotatable bonds is 6. The van der Waals surface area contributed by atoms with Crippen LogP contribution in [0.25, 0.3) is 0 Å². The lowest BCUT2D eigenvalue weighted by molar-refractivity contribution is -0.123. The van der Waals surface area contributed by atoms with E-state index in [9.17, 15) is 22.8 Å². The van der Waals surface area contributed by atoms with E-state index in [1.54, 1.807) is 52.8 Å². The van der Waals surface area contributed by atoms with Crippen molar-refractivity contribution in [1.82, 2.24) is 10.6 Å². The van der Waals surface area contributed by atoms with Crippen LogP contribution in [-0.2, 0) is 19.6 Å². The maximum absolute atomic E-state index is 13.1. The number of hydrogen-bond donors (Lipinski definition) is 3. The average Bonchev–Trinajstić information content (AvgIpc) is 2.63. The first-order chi connectivity index (χ1) is 15.2. The summed E-state index contributed by atoms with van der Waals surface area (Å²) in [6.45, 7) is 9.79. The molecule has 3 N–H and O–H groups in total. The van der Waals surface area contributed by atoms with Crippen LogP contribution in [-0.4, -0.2) is 38.5 Å². The molecular weight excluding hydrogens is 446 g/mol. The quantitative estimate of drug-likeness (QED) is 0.550. The van der Waals surface area contributed by atoms with E-state index in [1.165, 1.54) is 18.2 Å². The minimum atomic E-state index is -4.00. The molecule has 10 heteroatoms. The van der Waals surface area contributed by atoms with Crippen molar-refractivity contribution in [3.8, 4) is 0 Å². The van der Waals surface area contributed by atoms with Crippen LogP contribution in [0.4, 0.5) is 10.5 Å².